The van der Waals surface area contributed by atoms with Crippen molar-refractivity contribution < 1.29 is 0 Å². The lowest BCUT2D eigenvalue weighted by atomic mass is 10.1. The maximum atomic E-state index is 4.85. The van der Waals surface area contributed by atoms with Crippen LogP contribution in [0.1, 0.15) is 0 Å². The van der Waals surface area contributed by atoms with Crippen molar-refractivity contribution in [2.75, 3.05) is 0 Å². The number of halogens is 2. The Labute approximate surface area is 175 Å². The van der Waals surface area contributed by atoms with Gasteiger partial charge in [0.1, 0.15) is 0 Å². The van der Waals surface area contributed by atoms with E-state index in [0.29, 0.717) is 0 Å². The third-order valence-electron chi connectivity index (χ3n) is 3.84. The molecule has 0 aliphatic heterocycles. The minimum Gasteiger partial charge on any atom is -0.285 e. The Hall–Kier alpha value is -1.95. The van der Waals surface area contributed by atoms with E-state index in [0.717, 1.165) is 31.9 Å². The Morgan fingerprint density at radius 1 is 0.769 bits per heavy atom. The molecule has 5 heteroatoms. The quantitative estimate of drug-likeness (QED) is 0.303. The van der Waals surface area contributed by atoms with E-state index in [4.69, 9.17) is 4.99 Å². The smallest absolute Gasteiger partial charge is 0.195 e. The molecule has 4 rings (SSSR count). The topological polar surface area (TPSA) is 17.3 Å². The largest absolute Gasteiger partial charge is 0.285 e. The van der Waals surface area contributed by atoms with Crippen molar-refractivity contribution in [1.82, 2.24) is 4.57 Å². The fourth-order valence-electron chi connectivity index (χ4n) is 2.65. The van der Waals surface area contributed by atoms with Crippen molar-refractivity contribution in [2.45, 2.75) is 0 Å². The molecule has 0 amide bonds. The number of aromatic nitrogens is 1. The van der Waals surface area contributed by atoms with Crippen LogP contribution in [0.3, 0.4) is 0 Å². The summed E-state index contributed by atoms with van der Waals surface area (Å²) in [7, 11) is 0. The van der Waals surface area contributed by atoms with E-state index in [2.05, 4.69) is 74.4 Å². The van der Waals surface area contributed by atoms with Gasteiger partial charge in [-0.3, -0.25) is 4.57 Å². The summed E-state index contributed by atoms with van der Waals surface area (Å²) < 4.78 is 3.29. The zero-order valence-corrected chi connectivity index (χ0v) is 17.9. The van der Waals surface area contributed by atoms with Gasteiger partial charge < -0.3 is 0 Å². The highest BCUT2D eigenvalue weighted by Crippen LogP contribution is 2.25. The van der Waals surface area contributed by atoms with E-state index in [1.807, 2.05) is 36.4 Å². The first-order valence-electron chi connectivity index (χ1n) is 7.93. The van der Waals surface area contributed by atoms with Gasteiger partial charge in [-0.25, -0.2) is 4.99 Å². The summed E-state index contributed by atoms with van der Waals surface area (Å²) in [4.78, 5) is 5.81. The van der Waals surface area contributed by atoms with Crippen molar-refractivity contribution in [2.24, 2.45) is 4.99 Å². The highest BCUT2D eigenvalue weighted by atomic mass is 79.9. The van der Waals surface area contributed by atoms with Crippen molar-refractivity contribution in [1.29, 1.82) is 0 Å². The average molecular weight is 488 g/mol. The third kappa shape index (κ3) is 4.06. The number of nitrogens with zero attached hydrogens (tertiary/aromatic N) is 2. The second-order valence-electron chi connectivity index (χ2n) is 5.53. The zero-order chi connectivity index (χ0) is 17.1. The number of thiazole rings is 1. The molecule has 0 saturated carbocycles. The second-order valence-corrected chi connectivity index (χ2v) is 7.28. The SMILES string of the molecule is Br.Brc1ccc(-c2csc(=Nc3ccccc3)n2-c2ccccc2)cc1. The molecule has 0 spiro atoms. The predicted molar refractivity (Wildman–Crippen MR) is 119 cm³/mol. The molecule has 0 N–H and O–H groups in total. The van der Waals surface area contributed by atoms with E-state index in [1.54, 1.807) is 11.3 Å². The fourth-order valence-corrected chi connectivity index (χ4v) is 3.84. The number of benzene rings is 3. The Morgan fingerprint density at radius 3 is 2.04 bits per heavy atom. The number of para-hydroxylation sites is 2. The second kappa shape index (κ2) is 8.62. The summed E-state index contributed by atoms with van der Waals surface area (Å²) in [5.41, 5.74) is 4.36. The molecular formula is C21H16Br2N2S. The molecule has 0 atom stereocenters. The molecule has 26 heavy (non-hydrogen) atoms. The van der Waals surface area contributed by atoms with E-state index in [9.17, 15) is 0 Å². The maximum absolute atomic E-state index is 4.85. The van der Waals surface area contributed by atoms with Crippen LogP contribution in [0.2, 0.25) is 0 Å². The molecule has 1 aromatic heterocycles. The zero-order valence-electron chi connectivity index (χ0n) is 13.7. The Morgan fingerprint density at radius 2 is 1.38 bits per heavy atom. The molecule has 3 aromatic carbocycles. The summed E-state index contributed by atoms with van der Waals surface area (Å²) in [5, 5.41) is 2.16. The van der Waals surface area contributed by atoms with Crippen LogP contribution >= 0.6 is 44.2 Å². The van der Waals surface area contributed by atoms with Crippen LogP contribution in [0.25, 0.3) is 16.9 Å². The van der Waals surface area contributed by atoms with Gasteiger partial charge in [-0.1, -0.05) is 64.5 Å². The van der Waals surface area contributed by atoms with Gasteiger partial charge in [-0.05, 0) is 42.0 Å². The van der Waals surface area contributed by atoms with Gasteiger partial charge in [-0.15, -0.1) is 28.3 Å². The lowest BCUT2D eigenvalue weighted by molar-refractivity contribution is 1.01. The minimum atomic E-state index is 0. The standard InChI is InChI=1S/C21H15BrN2S.BrH/c22-17-13-11-16(12-14-17)20-15-25-21(23-18-7-3-1-4-8-18)24(20)19-9-5-2-6-10-19;/h1-15H;1H. The molecule has 0 saturated heterocycles. The van der Waals surface area contributed by atoms with E-state index in [-0.39, 0.29) is 17.0 Å². The molecule has 0 unspecified atom stereocenters. The van der Waals surface area contributed by atoms with Gasteiger partial charge >= 0.3 is 0 Å². The van der Waals surface area contributed by atoms with Crippen LogP contribution in [0.5, 0.6) is 0 Å². The number of hydrogen-bond acceptors (Lipinski definition) is 2. The maximum Gasteiger partial charge on any atom is 0.195 e. The highest BCUT2D eigenvalue weighted by Gasteiger charge is 2.10. The first-order valence-corrected chi connectivity index (χ1v) is 9.60. The van der Waals surface area contributed by atoms with Crippen LogP contribution in [-0.4, -0.2) is 4.57 Å². The summed E-state index contributed by atoms with van der Waals surface area (Å²) >= 11 is 5.16. The van der Waals surface area contributed by atoms with Crippen LogP contribution in [-0.2, 0) is 0 Å². The molecule has 2 nitrogen and oxygen atoms in total. The van der Waals surface area contributed by atoms with Gasteiger partial charge in [0.05, 0.1) is 11.4 Å². The van der Waals surface area contributed by atoms with E-state index >= 15 is 0 Å². The molecule has 0 aliphatic rings. The first kappa shape index (κ1) is 18.8. The molecular weight excluding hydrogens is 472 g/mol. The predicted octanol–water partition coefficient (Wildman–Crippen LogP) is 6.78. The minimum absolute atomic E-state index is 0. The number of hydrogen-bond donors (Lipinski definition) is 0. The lowest BCUT2D eigenvalue weighted by Crippen LogP contribution is -2.13. The summed E-state index contributed by atoms with van der Waals surface area (Å²) in [6.45, 7) is 0. The van der Waals surface area contributed by atoms with Gasteiger partial charge in [0, 0.05) is 15.5 Å². The first-order chi connectivity index (χ1) is 12.3. The molecule has 4 aromatic rings. The summed E-state index contributed by atoms with van der Waals surface area (Å²) in [5.74, 6) is 0. The lowest BCUT2D eigenvalue weighted by Gasteiger charge is -2.09. The fraction of sp³-hybridized carbons (Fsp3) is 0. The Bertz CT molecular complexity index is 1040. The summed E-state index contributed by atoms with van der Waals surface area (Å²) in [6, 6.07) is 28.8. The van der Waals surface area contributed by atoms with Gasteiger partial charge in [0.15, 0.2) is 4.80 Å². The van der Waals surface area contributed by atoms with Crippen LogP contribution in [0.4, 0.5) is 5.69 Å². The van der Waals surface area contributed by atoms with Crippen LogP contribution in [0, 0.1) is 0 Å². The van der Waals surface area contributed by atoms with Crippen LogP contribution in [0.15, 0.2) is 99.8 Å². The Kier molecular flexibility index (Phi) is 6.25. The van der Waals surface area contributed by atoms with Gasteiger partial charge in [-0.2, -0.15) is 0 Å². The van der Waals surface area contributed by atoms with E-state index in [1.165, 1.54) is 0 Å². The van der Waals surface area contributed by atoms with Crippen molar-refractivity contribution in [3.05, 3.63) is 99.6 Å². The highest BCUT2D eigenvalue weighted by molar-refractivity contribution is 9.10. The monoisotopic (exact) mass is 486 g/mol. The number of rotatable bonds is 3. The molecule has 0 aliphatic carbocycles. The van der Waals surface area contributed by atoms with Crippen molar-refractivity contribution >= 4 is 49.9 Å². The van der Waals surface area contributed by atoms with Crippen molar-refractivity contribution in [3.8, 4) is 16.9 Å². The molecule has 0 radical (unpaired) electrons. The van der Waals surface area contributed by atoms with Gasteiger partial charge in [0.25, 0.3) is 0 Å². The van der Waals surface area contributed by atoms with Crippen LogP contribution < -0.4 is 4.80 Å². The van der Waals surface area contributed by atoms with Gasteiger partial charge in [0.2, 0.25) is 0 Å². The normalized spacial score (nSPS) is 11.2. The summed E-state index contributed by atoms with van der Waals surface area (Å²) in [6.07, 6.45) is 0. The third-order valence-corrected chi connectivity index (χ3v) is 5.20. The molecule has 1 heterocycles. The van der Waals surface area contributed by atoms with Crippen molar-refractivity contribution in [3.63, 3.8) is 0 Å². The molecule has 0 bridgehead atoms. The Balaban J connectivity index is 0.00000196. The average Bonchev–Trinajstić information content (AvgIpc) is 3.07. The van der Waals surface area contributed by atoms with E-state index < -0.39 is 0 Å². The molecule has 0 fully saturated rings. The molecule has 130 valence electrons.